The molecule has 1 heteroatoms. The van der Waals surface area contributed by atoms with Crippen molar-refractivity contribution in [3.05, 3.63) is 0 Å². The Morgan fingerprint density at radius 1 is 1.27 bits per heavy atom. The molecule has 2 fully saturated rings. The highest BCUT2D eigenvalue weighted by molar-refractivity contribution is 5.79. The minimum absolute atomic E-state index is 0.514. The van der Waals surface area contributed by atoms with E-state index in [4.69, 9.17) is 0 Å². The van der Waals surface area contributed by atoms with E-state index >= 15 is 0 Å². The van der Waals surface area contributed by atoms with Crippen LogP contribution in [0.25, 0.3) is 0 Å². The highest BCUT2D eigenvalue weighted by Gasteiger charge is 2.35. The molecule has 3 atom stereocenters. The van der Waals surface area contributed by atoms with Gasteiger partial charge in [-0.3, -0.25) is 4.79 Å². The van der Waals surface area contributed by atoms with E-state index in [1.54, 1.807) is 0 Å². The predicted octanol–water partition coefficient (Wildman–Crippen LogP) is 2.40. The fraction of sp³-hybridized carbons (Fsp3) is 0.900. The Balaban J connectivity index is 2.02. The Hall–Kier alpha value is -0.330. The second-order valence-electron chi connectivity index (χ2n) is 4.38. The van der Waals surface area contributed by atoms with Crippen molar-refractivity contribution >= 4 is 5.78 Å². The summed E-state index contributed by atoms with van der Waals surface area (Å²) in [6.07, 6.45) is 5.66. The number of Topliss-reactive ketones (excluding diaryl/α,β-unsaturated/α-hetero) is 1. The van der Waals surface area contributed by atoms with Crippen LogP contribution < -0.4 is 0 Å². The van der Waals surface area contributed by atoms with Crippen molar-refractivity contribution in [3.63, 3.8) is 0 Å². The molecule has 2 aliphatic carbocycles. The highest BCUT2D eigenvalue weighted by atomic mass is 16.1. The Morgan fingerprint density at radius 2 is 2.00 bits per heavy atom. The van der Waals surface area contributed by atoms with Gasteiger partial charge in [-0.05, 0) is 37.0 Å². The van der Waals surface area contributed by atoms with Crippen LogP contribution in [0.4, 0.5) is 0 Å². The number of carbonyl (C=O) groups is 1. The molecule has 0 aliphatic heterocycles. The van der Waals surface area contributed by atoms with E-state index in [0.29, 0.717) is 5.78 Å². The van der Waals surface area contributed by atoms with Gasteiger partial charge in [0.2, 0.25) is 0 Å². The molecule has 0 heterocycles. The van der Waals surface area contributed by atoms with Crippen molar-refractivity contribution in [1.82, 2.24) is 0 Å². The lowest BCUT2D eigenvalue weighted by Crippen LogP contribution is -2.19. The van der Waals surface area contributed by atoms with E-state index in [9.17, 15) is 4.79 Å². The van der Waals surface area contributed by atoms with Crippen LogP contribution in [0.3, 0.4) is 0 Å². The SMILES string of the molecule is CC1C[C@H]2CCC(=O)C[C@@H]2C1. The molecular weight excluding hydrogens is 136 g/mol. The third-order valence-corrected chi connectivity index (χ3v) is 3.36. The molecule has 0 spiro atoms. The second-order valence-corrected chi connectivity index (χ2v) is 4.38. The van der Waals surface area contributed by atoms with Crippen molar-refractivity contribution in [2.45, 2.75) is 39.0 Å². The van der Waals surface area contributed by atoms with Gasteiger partial charge < -0.3 is 0 Å². The van der Waals surface area contributed by atoms with Crippen LogP contribution in [0.5, 0.6) is 0 Å². The maximum Gasteiger partial charge on any atom is 0.133 e. The summed E-state index contributed by atoms with van der Waals surface area (Å²) in [5.41, 5.74) is 0. The van der Waals surface area contributed by atoms with Gasteiger partial charge in [0.25, 0.3) is 0 Å². The van der Waals surface area contributed by atoms with E-state index in [0.717, 1.165) is 30.6 Å². The molecule has 0 aromatic heterocycles. The lowest BCUT2D eigenvalue weighted by atomic mass is 9.81. The molecule has 2 rings (SSSR count). The summed E-state index contributed by atoms with van der Waals surface area (Å²) >= 11 is 0. The predicted molar refractivity (Wildman–Crippen MR) is 44.2 cm³/mol. The number of hydrogen-bond donors (Lipinski definition) is 0. The zero-order chi connectivity index (χ0) is 7.84. The number of rotatable bonds is 0. The lowest BCUT2D eigenvalue weighted by molar-refractivity contribution is -0.122. The molecule has 0 N–H and O–H groups in total. The maximum atomic E-state index is 11.1. The molecule has 0 aromatic rings. The quantitative estimate of drug-likeness (QED) is 0.521. The van der Waals surface area contributed by atoms with Gasteiger partial charge in [-0.15, -0.1) is 0 Å². The summed E-state index contributed by atoms with van der Waals surface area (Å²) in [6, 6.07) is 0. The molecule has 1 unspecified atom stereocenters. The third-order valence-electron chi connectivity index (χ3n) is 3.36. The largest absolute Gasteiger partial charge is 0.300 e. The normalized spacial score (nSPS) is 44.1. The van der Waals surface area contributed by atoms with Crippen LogP contribution in [0.1, 0.15) is 39.0 Å². The Labute approximate surface area is 68.2 Å². The van der Waals surface area contributed by atoms with Gasteiger partial charge in [-0.2, -0.15) is 0 Å². The average Bonchev–Trinajstić information content (AvgIpc) is 2.27. The lowest BCUT2D eigenvalue weighted by Gasteiger charge is -2.23. The molecule has 0 bridgehead atoms. The van der Waals surface area contributed by atoms with Crippen LogP contribution in [-0.4, -0.2) is 5.78 Å². The maximum absolute atomic E-state index is 11.1. The summed E-state index contributed by atoms with van der Waals surface area (Å²) in [5, 5.41) is 0. The van der Waals surface area contributed by atoms with E-state index < -0.39 is 0 Å². The summed E-state index contributed by atoms with van der Waals surface area (Å²) < 4.78 is 0. The fourth-order valence-electron chi connectivity index (χ4n) is 2.86. The number of fused-ring (bicyclic) bond motifs is 1. The van der Waals surface area contributed by atoms with Gasteiger partial charge in [0.1, 0.15) is 5.78 Å². The summed E-state index contributed by atoms with van der Waals surface area (Å²) in [7, 11) is 0. The zero-order valence-electron chi connectivity index (χ0n) is 7.18. The standard InChI is InChI=1S/C10H16O/c1-7-4-8-2-3-10(11)6-9(8)5-7/h7-9H,2-6H2,1H3/t7?,8-,9+/m1/s1. The molecule has 0 amide bonds. The summed E-state index contributed by atoms with van der Waals surface area (Å²) in [6.45, 7) is 2.32. The monoisotopic (exact) mass is 152 g/mol. The third kappa shape index (κ3) is 1.33. The van der Waals surface area contributed by atoms with Crippen LogP contribution in [0.2, 0.25) is 0 Å². The molecule has 0 saturated heterocycles. The Bertz CT molecular complexity index is 174. The first kappa shape index (κ1) is 7.33. The number of ketones is 1. The smallest absolute Gasteiger partial charge is 0.133 e. The van der Waals surface area contributed by atoms with Crippen molar-refractivity contribution in [2.24, 2.45) is 17.8 Å². The second kappa shape index (κ2) is 2.62. The van der Waals surface area contributed by atoms with E-state index in [-0.39, 0.29) is 0 Å². The minimum Gasteiger partial charge on any atom is -0.300 e. The molecule has 0 aromatic carbocycles. The first-order valence-electron chi connectivity index (χ1n) is 4.77. The van der Waals surface area contributed by atoms with Crippen molar-refractivity contribution in [2.75, 3.05) is 0 Å². The van der Waals surface area contributed by atoms with Gasteiger partial charge in [-0.25, -0.2) is 0 Å². The van der Waals surface area contributed by atoms with Gasteiger partial charge in [0.05, 0.1) is 0 Å². The molecule has 62 valence electrons. The van der Waals surface area contributed by atoms with Crippen molar-refractivity contribution < 1.29 is 4.79 Å². The fourth-order valence-corrected chi connectivity index (χ4v) is 2.86. The van der Waals surface area contributed by atoms with Crippen LogP contribution in [0, 0.1) is 17.8 Å². The zero-order valence-corrected chi connectivity index (χ0v) is 7.18. The molecular formula is C10H16O. The van der Waals surface area contributed by atoms with Gasteiger partial charge >= 0.3 is 0 Å². The first-order chi connectivity index (χ1) is 5.25. The highest BCUT2D eigenvalue weighted by Crippen LogP contribution is 2.43. The van der Waals surface area contributed by atoms with Crippen molar-refractivity contribution in [1.29, 1.82) is 0 Å². The Kier molecular flexibility index (Phi) is 1.74. The molecule has 2 aliphatic rings. The van der Waals surface area contributed by atoms with Crippen LogP contribution >= 0.6 is 0 Å². The molecule has 2 saturated carbocycles. The molecule has 0 radical (unpaired) electrons. The van der Waals surface area contributed by atoms with Crippen LogP contribution in [-0.2, 0) is 4.79 Å². The molecule has 11 heavy (non-hydrogen) atoms. The minimum atomic E-state index is 0.514. The number of hydrogen-bond acceptors (Lipinski definition) is 1. The Morgan fingerprint density at radius 3 is 2.82 bits per heavy atom. The van der Waals surface area contributed by atoms with Crippen LogP contribution in [0.15, 0.2) is 0 Å². The van der Waals surface area contributed by atoms with Crippen molar-refractivity contribution in [3.8, 4) is 0 Å². The summed E-state index contributed by atoms with van der Waals surface area (Å²) in [5.74, 6) is 3.07. The van der Waals surface area contributed by atoms with Gasteiger partial charge in [0, 0.05) is 12.8 Å². The molecule has 1 nitrogen and oxygen atoms in total. The van der Waals surface area contributed by atoms with E-state index in [1.807, 2.05) is 0 Å². The van der Waals surface area contributed by atoms with Gasteiger partial charge in [0.15, 0.2) is 0 Å². The number of carbonyl (C=O) groups excluding carboxylic acids is 1. The van der Waals surface area contributed by atoms with Gasteiger partial charge in [-0.1, -0.05) is 6.92 Å². The topological polar surface area (TPSA) is 17.1 Å². The summed E-state index contributed by atoms with van der Waals surface area (Å²) in [4.78, 5) is 11.1. The first-order valence-corrected chi connectivity index (χ1v) is 4.77. The average molecular weight is 152 g/mol. The van der Waals surface area contributed by atoms with E-state index in [1.165, 1.54) is 19.3 Å². The van der Waals surface area contributed by atoms with E-state index in [2.05, 4.69) is 6.92 Å².